The maximum absolute atomic E-state index is 12.5. The first kappa shape index (κ1) is 20.0. The number of hydrogen-bond donors (Lipinski definition) is 1. The molecule has 0 radical (unpaired) electrons. The van der Waals surface area contributed by atoms with Gasteiger partial charge in [0, 0.05) is 17.8 Å². The molecule has 2 heterocycles. The van der Waals surface area contributed by atoms with Crippen molar-refractivity contribution in [1.29, 1.82) is 0 Å². The smallest absolute Gasteiger partial charge is 0.374 e. The largest absolute Gasteiger partial charge is 0.460 e. The molecule has 0 saturated carbocycles. The Kier molecular flexibility index (Phi) is 5.77. The van der Waals surface area contributed by atoms with Crippen LogP contribution < -0.4 is 5.32 Å². The topological polar surface area (TPSA) is 77.8 Å². The quantitative estimate of drug-likeness (QED) is 0.755. The first-order chi connectivity index (χ1) is 13.3. The fraction of sp³-hybridized carbons (Fsp3) is 0.455. The summed E-state index contributed by atoms with van der Waals surface area (Å²) >= 11 is 0. The summed E-state index contributed by atoms with van der Waals surface area (Å²) in [7, 11) is 0. The van der Waals surface area contributed by atoms with Crippen LogP contribution >= 0.6 is 0 Å². The van der Waals surface area contributed by atoms with Crippen LogP contribution in [-0.2, 0) is 27.1 Å². The number of fused-ring (bicyclic) bond motifs is 1. The molecule has 0 saturated heterocycles. The van der Waals surface area contributed by atoms with E-state index in [-0.39, 0.29) is 17.6 Å². The van der Waals surface area contributed by atoms with Gasteiger partial charge in [0.25, 0.3) is 0 Å². The summed E-state index contributed by atoms with van der Waals surface area (Å²) < 4.78 is 15.9. The molecule has 1 aromatic heterocycles. The number of benzene rings is 1. The van der Waals surface area contributed by atoms with Crippen LogP contribution in [0.3, 0.4) is 0 Å². The van der Waals surface area contributed by atoms with Crippen molar-refractivity contribution in [2.45, 2.75) is 52.1 Å². The highest BCUT2D eigenvalue weighted by Gasteiger charge is 2.32. The second-order valence-electron chi connectivity index (χ2n) is 7.88. The van der Waals surface area contributed by atoms with E-state index in [1.165, 1.54) is 6.26 Å². The van der Waals surface area contributed by atoms with Crippen molar-refractivity contribution in [1.82, 2.24) is 0 Å². The molecule has 1 aliphatic heterocycles. The fourth-order valence-corrected chi connectivity index (χ4v) is 3.31. The lowest BCUT2D eigenvalue weighted by Crippen LogP contribution is -2.28. The number of aryl methyl sites for hydroxylation is 2. The van der Waals surface area contributed by atoms with Crippen LogP contribution in [0.2, 0.25) is 0 Å². The Bertz CT molecular complexity index is 862. The van der Waals surface area contributed by atoms with Gasteiger partial charge in [0.05, 0.1) is 12.9 Å². The maximum atomic E-state index is 12.5. The van der Waals surface area contributed by atoms with Crippen LogP contribution in [0.1, 0.15) is 60.9 Å². The summed E-state index contributed by atoms with van der Waals surface area (Å²) in [5, 5.41) is 3.27. The molecule has 0 bridgehead atoms. The summed E-state index contributed by atoms with van der Waals surface area (Å²) in [6.45, 7) is 8.23. The summed E-state index contributed by atoms with van der Waals surface area (Å²) in [6.07, 6.45) is 2.88. The van der Waals surface area contributed by atoms with Gasteiger partial charge in [0.15, 0.2) is 0 Å². The molecule has 0 aliphatic carbocycles. The third-order valence-corrected chi connectivity index (χ3v) is 4.57. The lowest BCUT2D eigenvalue weighted by atomic mass is 9.96. The van der Waals surface area contributed by atoms with Gasteiger partial charge in [-0.05, 0) is 63.8 Å². The number of carbonyl (C=O) groups excluding carboxylic acids is 2. The number of esters is 2. The van der Waals surface area contributed by atoms with Crippen molar-refractivity contribution in [2.75, 3.05) is 18.5 Å². The van der Waals surface area contributed by atoms with Crippen molar-refractivity contribution >= 4 is 17.6 Å². The molecule has 3 rings (SSSR count). The Labute approximate surface area is 165 Å². The highest BCUT2D eigenvalue weighted by molar-refractivity contribution is 5.88. The van der Waals surface area contributed by atoms with Crippen molar-refractivity contribution in [3.63, 3.8) is 0 Å². The number of carbonyl (C=O) groups is 2. The summed E-state index contributed by atoms with van der Waals surface area (Å²) in [6, 6.07) is 7.88. The predicted molar refractivity (Wildman–Crippen MR) is 106 cm³/mol. The molecule has 0 fully saturated rings. The zero-order valence-corrected chi connectivity index (χ0v) is 16.8. The van der Waals surface area contributed by atoms with E-state index in [2.05, 4.69) is 5.32 Å². The minimum atomic E-state index is -0.512. The molecule has 1 N–H and O–H groups in total. The second kappa shape index (κ2) is 8.09. The summed E-state index contributed by atoms with van der Waals surface area (Å²) in [5.41, 5.74) is 3.33. The molecule has 1 aliphatic rings. The van der Waals surface area contributed by atoms with E-state index in [1.54, 1.807) is 13.0 Å². The Morgan fingerprint density at radius 3 is 2.71 bits per heavy atom. The average Bonchev–Trinajstić information content (AvgIpc) is 3.25. The third-order valence-electron chi connectivity index (χ3n) is 4.57. The van der Waals surface area contributed by atoms with Gasteiger partial charge in [-0.1, -0.05) is 12.1 Å². The van der Waals surface area contributed by atoms with Gasteiger partial charge in [0.1, 0.15) is 11.5 Å². The molecular formula is C22H27NO5. The van der Waals surface area contributed by atoms with Crippen LogP contribution in [0, 0.1) is 0 Å². The average molecular weight is 385 g/mol. The first-order valence-corrected chi connectivity index (χ1v) is 9.61. The molecule has 28 heavy (non-hydrogen) atoms. The monoisotopic (exact) mass is 385 g/mol. The molecule has 0 unspecified atom stereocenters. The normalized spacial score (nSPS) is 15.6. The number of nitrogens with one attached hydrogen (secondary N) is 1. The lowest BCUT2D eigenvalue weighted by Gasteiger charge is -2.22. The first-order valence-electron chi connectivity index (χ1n) is 9.61. The molecule has 150 valence electrons. The Hall–Kier alpha value is -2.76. The van der Waals surface area contributed by atoms with Crippen LogP contribution in [0.15, 0.2) is 34.9 Å². The van der Waals surface area contributed by atoms with Crippen molar-refractivity contribution in [3.05, 3.63) is 53.0 Å². The lowest BCUT2D eigenvalue weighted by molar-refractivity contribution is -0.156. The molecule has 6 nitrogen and oxygen atoms in total. The van der Waals surface area contributed by atoms with Crippen LogP contribution in [0.25, 0.3) is 0 Å². The van der Waals surface area contributed by atoms with Gasteiger partial charge < -0.3 is 19.2 Å². The number of hydrogen-bond acceptors (Lipinski definition) is 6. The standard InChI is InChI=1S/C22H27NO5/c1-5-26-21(25)19-15(10-11-27-19)8-6-14-7-9-18-16(12-14)17(13-23-18)20(24)28-22(2,3)4/h7,9-12,17,23H,5-6,8,13H2,1-4H3/t17-/m0/s1. The third kappa shape index (κ3) is 4.55. The van der Waals surface area contributed by atoms with E-state index in [0.29, 0.717) is 19.6 Å². The second-order valence-corrected chi connectivity index (χ2v) is 7.88. The van der Waals surface area contributed by atoms with Gasteiger partial charge in [-0.3, -0.25) is 4.79 Å². The van der Waals surface area contributed by atoms with E-state index >= 15 is 0 Å². The highest BCUT2D eigenvalue weighted by Crippen LogP contribution is 2.34. The number of rotatable bonds is 6. The van der Waals surface area contributed by atoms with E-state index in [4.69, 9.17) is 13.9 Å². The number of anilines is 1. The Morgan fingerprint density at radius 1 is 1.21 bits per heavy atom. The highest BCUT2D eigenvalue weighted by atomic mass is 16.6. The summed E-state index contributed by atoms with van der Waals surface area (Å²) in [5.74, 6) is -0.699. The molecular weight excluding hydrogens is 358 g/mol. The zero-order valence-electron chi connectivity index (χ0n) is 16.8. The molecule has 1 atom stereocenters. The van der Waals surface area contributed by atoms with Crippen LogP contribution in [0.4, 0.5) is 5.69 Å². The number of ether oxygens (including phenoxy) is 2. The van der Waals surface area contributed by atoms with Gasteiger partial charge >= 0.3 is 11.9 Å². The Balaban J connectivity index is 1.71. The Morgan fingerprint density at radius 2 is 2.00 bits per heavy atom. The maximum Gasteiger partial charge on any atom is 0.374 e. The van der Waals surface area contributed by atoms with Crippen LogP contribution in [0.5, 0.6) is 0 Å². The van der Waals surface area contributed by atoms with E-state index in [0.717, 1.165) is 28.8 Å². The molecule has 6 heteroatoms. The van der Waals surface area contributed by atoms with Crippen LogP contribution in [-0.4, -0.2) is 30.7 Å². The van der Waals surface area contributed by atoms with Crippen molar-refractivity contribution < 1.29 is 23.5 Å². The van der Waals surface area contributed by atoms with Crippen molar-refractivity contribution in [3.8, 4) is 0 Å². The van der Waals surface area contributed by atoms with E-state index in [9.17, 15) is 9.59 Å². The zero-order chi connectivity index (χ0) is 20.3. The van der Waals surface area contributed by atoms with Gasteiger partial charge in [-0.15, -0.1) is 0 Å². The van der Waals surface area contributed by atoms with Gasteiger partial charge in [-0.25, -0.2) is 4.79 Å². The SMILES string of the molecule is CCOC(=O)c1occc1CCc1ccc2c(c1)[C@@H](C(=O)OC(C)(C)C)CN2. The van der Waals surface area contributed by atoms with Crippen molar-refractivity contribution in [2.24, 2.45) is 0 Å². The fourth-order valence-electron chi connectivity index (χ4n) is 3.31. The molecule has 0 spiro atoms. The summed E-state index contributed by atoms with van der Waals surface area (Å²) in [4.78, 5) is 24.5. The predicted octanol–water partition coefficient (Wildman–Crippen LogP) is 4.09. The molecule has 2 aromatic rings. The molecule has 0 amide bonds. The minimum absolute atomic E-state index is 0.213. The van der Waals surface area contributed by atoms with E-state index in [1.807, 2.05) is 39.0 Å². The van der Waals surface area contributed by atoms with E-state index < -0.39 is 11.6 Å². The minimum Gasteiger partial charge on any atom is -0.460 e. The van der Waals surface area contributed by atoms with Gasteiger partial charge in [-0.2, -0.15) is 0 Å². The molecule has 1 aromatic carbocycles. The number of furan rings is 1. The van der Waals surface area contributed by atoms with Gasteiger partial charge in [0.2, 0.25) is 5.76 Å².